The molecule has 1 amide bonds. The van der Waals surface area contributed by atoms with Gasteiger partial charge in [0.25, 0.3) is 0 Å². The zero-order chi connectivity index (χ0) is 20.7. The number of halogens is 1. The summed E-state index contributed by atoms with van der Waals surface area (Å²) in [5.74, 6) is -0.182. The summed E-state index contributed by atoms with van der Waals surface area (Å²) in [6, 6.07) is 22.7. The van der Waals surface area contributed by atoms with Crippen molar-refractivity contribution in [3.8, 4) is 22.7 Å². The third-order valence-corrected chi connectivity index (χ3v) is 5.29. The Bertz CT molecular complexity index is 1250. The Kier molecular flexibility index (Phi) is 4.32. The Balaban J connectivity index is 1.78. The lowest BCUT2D eigenvalue weighted by Gasteiger charge is -2.25. The number of phenols is 1. The van der Waals surface area contributed by atoms with Crippen molar-refractivity contribution in [1.29, 1.82) is 0 Å². The van der Waals surface area contributed by atoms with Crippen LogP contribution in [0.1, 0.15) is 23.5 Å². The molecular weight excluding hydrogens is 381 g/mol. The van der Waals surface area contributed by atoms with Gasteiger partial charge in [-0.2, -0.15) is 5.10 Å². The van der Waals surface area contributed by atoms with Crippen LogP contribution in [-0.2, 0) is 4.79 Å². The molecule has 2 N–H and O–H groups in total. The van der Waals surface area contributed by atoms with Crippen molar-refractivity contribution < 1.29 is 14.3 Å². The van der Waals surface area contributed by atoms with E-state index in [4.69, 9.17) is 5.10 Å². The predicted octanol–water partition coefficient (Wildman–Crippen LogP) is 4.86. The Morgan fingerprint density at radius 3 is 2.57 bits per heavy atom. The van der Waals surface area contributed by atoms with Crippen molar-refractivity contribution in [3.63, 3.8) is 0 Å². The van der Waals surface area contributed by atoms with E-state index in [1.54, 1.807) is 35.0 Å². The zero-order valence-corrected chi connectivity index (χ0v) is 15.9. The fraction of sp³-hybridized carbons (Fsp3) is 0.0833. The molecule has 1 aliphatic rings. The van der Waals surface area contributed by atoms with E-state index in [1.807, 2.05) is 36.4 Å². The fourth-order valence-corrected chi connectivity index (χ4v) is 3.98. The lowest BCUT2D eigenvalue weighted by molar-refractivity contribution is -0.116. The standard InChI is InChI=1S/C24H18FN3O2/c25-17-9-5-10-18(13-17)28-24-22(23(27-28)15-6-2-1-3-7-15)20(14-21(30)26-24)16-8-4-11-19(29)12-16/h1-13,20,29H,14H2,(H,26,30). The summed E-state index contributed by atoms with van der Waals surface area (Å²) in [6.07, 6.45) is 0.227. The Labute approximate surface area is 172 Å². The van der Waals surface area contributed by atoms with E-state index in [1.165, 1.54) is 12.1 Å². The molecular formula is C24H18FN3O2. The van der Waals surface area contributed by atoms with E-state index >= 15 is 0 Å². The van der Waals surface area contributed by atoms with E-state index in [2.05, 4.69) is 5.32 Å². The van der Waals surface area contributed by atoms with E-state index in [9.17, 15) is 14.3 Å². The molecule has 0 fully saturated rings. The highest BCUT2D eigenvalue weighted by molar-refractivity contribution is 5.96. The largest absolute Gasteiger partial charge is 0.508 e. The van der Waals surface area contributed by atoms with Gasteiger partial charge < -0.3 is 10.4 Å². The number of hydrogen-bond donors (Lipinski definition) is 2. The molecule has 0 bridgehead atoms. The second-order valence-electron chi connectivity index (χ2n) is 7.27. The summed E-state index contributed by atoms with van der Waals surface area (Å²) < 4.78 is 15.5. The van der Waals surface area contributed by atoms with Crippen LogP contribution in [0.2, 0.25) is 0 Å². The van der Waals surface area contributed by atoms with Crippen LogP contribution in [0.4, 0.5) is 10.2 Å². The smallest absolute Gasteiger partial charge is 0.226 e. The molecule has 1 unspecified atom stereocenters. The van der Waals surface area contributed by atoms with Gasteiger partial charge in [-0.25, -0.2) is 9.07 Å². The summed E-state index contributed by atoms with van der Waals surface area (Å²) in [7, 11) is 0. The van der Waals surface area contributed by atoms with Crippen LogP contribution < -0.4 is 5.32 Å². The number of fused-ring (bicyclic) bond motifs is 1. The number of phenolic OH excluding ortho intramolecular Hbond substituents is 1. The Morgan fingerprint density at radius 2 is 1.80 bits per heavy atom. The highest BCUT2D eigenvalue weighted by Gasteiger charge is 2.34. The molecule has 3 aromatic carbocycles. The second kappa shape index (κ2) is 7.15. The number of nitrogens with zero attached hydrogens (tertiary/aromatic N) is 2. The molecule has 5 rings (SSSR count). The average molecular weight is 399 g/mol. The van der Waals surface area contributed by atoms with Gasteiger partial charge in [0.05, 0.1) is 11.4 Å². The molecule has 0 spiro atoms. The van der Waals surface area contributed by atoms with Crippen LogP contribution in [0.5, 0.6) is 5.75 Å². The maximum absolute atomic E-state index is 13.9. The minimum absolute atomic E-state index is 0.138. The van der Waals surface area contributed by atoms with E-state index in [0.29, 0.717) is 17.2 Å². The number of hydrogen-bond acceptors (Lipinski definition) is 3. The first-order valence-electron chi connectivity index (χ1n) is 9.63. The molecule has 6 heteroatoms. The normalized spacial score (nSPS) is 15.5. The first-order chi connectivity index (χ1) is 14.6. The molecule has 1 aliphatic heterocycles. The number of carbonyl (C=O) groups excluding carboxylic acids is 1. The number of benzene rings is 3. The number of carbonyl (C=O) groups is 1. The minimum Gasteiger partial charge on any atom is -0.508 e. The van der Waals surface area contributed by atoms with E-state index in [-0.39, 0.29) is 29.8 Å². The quantitative estimate of drug-likeness (QED) is 0.517. The molecule has 4 aromatic rings. The third kappa shape index (κ3) is 3.12. The molecule has 148 valence electrons. The molecule has 0 saturated carbocycles. The number of nitrogens with one attached hydrogen (secondary N) is 1. The van der Waals surface area contributed by atoms with Gasteiger partial charge in [0.2, 0.25) is 5.91 Å². The topological polar surface area (TPSA) is 67.1 Å². The predicted molar refractivity (Wildman–Crippen MR) is 112 cm³/mol. The van der Waals surface area contributed by atoms with Crippen LogP contribution in [0.25, 0.3) is 16.9 Å². The molecule has 0 radical (unpaired) electrons. The van der Waals surface area contributed by atoms with Gasteiger partial charge in [0.1, 0.15) is 17.4 Å². The SMILES string of the molecule is O=C1CC(c2cccc(O)c2)c2c(-c3ccccc3)nn(-c3cccc(F)c3)c2N1. The molecule has 5 nitrogen and oxygen atoms in total. The van der Waals surface area contributed by atoms with Gasteiger partial charge in [0.15, 0.2) is 0 Å². The van der Waals surface area contributed by atoms with Gasteiger partial charge in [0, 0.05) is 23.5 Å². The van der Waals surface area contributed by atoms with Crippen molar-refractivity contribution in [3.05, 3.63) is 95.8 Å². The number of rotatable bonds is 3. The van der Waals surface area contributed by atoms with Gasteiger partial charge in [-0.15, -0.1) is 0 Å². The molecule has 0 aliphatic carbocycles. The lowest BCUT2D eigenvalue weighted by Crippen LogP contribution is -2.24. The van der Waals surface area contributed by atoms with Gasteiger partial charge in [-0.3, -0.25) is 4.79 Å². The zero-order valence-electron chi connectivity index (χ0n) is 15.9. The molecule has 30 heavy (non-hydrogen) atoms. The molecule has 1 atom stereocenters. The van der Waals surface area contributed by atoms with Crippen LogP contribution in [0.3, 0.4) is 0 Å². The molecule has 0 saturated heterocycles. The number of aromatic nitrogens is 2. The number of amides is 1. The maximum atomic E-state index is 13.9. The highest BCUT2D eigenvalue weighted by Crippen LogP contribution is 2.44. The van der Waals surface area contributed by atoms with Crippen molar-refractivity contribution in [2.24, 2.45) is 0 Å². The van der Waals surface area contributed by atoms with Crippen LogP contribution in [0, 0.1) is 5.82 Å². The first-order valence-corrected chi connectivity index (χ1v) is 9.63. The second-order valence-corrected chi connectivity index (χ2v) is 7.27. The van der Waals surface area contributed by atoms with Gasteiger partial charge in [-0.05, 0) is 35.9 Å². The summed E-state index contributed by atoms with van der Waals surface area (Å²) in [6.45, 7) is 0. The van der Waals surface area contributed by atoms with Crippen molar-refractivity contribution in [2.75, 3.05) is 5.32 Å². The summed E-state index contributed by atoms with van der Waals surface area (Å²) in [5, 5.41) is 17.7. The van der Waals surface area contributed by atoms with Crippen molar-refractivity contribution >= 4 is 11.7 Å². The number of anilines is 1. The first kappa shape index (κ1) is 18.1. The average Bonchev–Trinajstić information content (AvgIpc) is 3.13. The van der Waals surface area contributed by atoms with Crippen LogP contribution in [0.15, 0.2) is 78.9 Å². The lowest BCUT2D eigenvalue weighted by atomic mass is 9.84. The van der Waals surface area contributed by atoms with Gasteiger partial charge in [-0.1, -0.05) is 48.5 Å². The van der Waals surface area contributed by atoms with Crippen LogP contribution >= 0.6 is 0 Å². The molecule has 2 heterocycles. The Hall–Kier alpha value is -3.93. The summed E-state index contributed by atoms with van der Waals surface area (Å²) >= 11 is 0. The summed E-state index contributed by atoms with van der Waals surface area (Å²) in [5.41, 5.74) is 3.79. The highest BCUT2D eigenvalue weighted by atomic mass is 19.1. The minimum atomic E-state index is -0.385. The summed E-state index contributed by atoms with van der Waals surface area (Å²) in [4.78, 5) is 12.6. The van der Waals surface area contributed by atoms with Crippen molar-refractivity contribution in [1.82, 2.24) is 9.78 Å². The number of aromatic hydroxyl groups is 1. The van der Waals surface area contributed by atoms with Gasteiger partial charge >= 0.3 is 0 Å². The Morgan fingerprint density at radius 1 is 1.00 bits per heavy atom. The fourth-order valence-electron chi connectivity index (χ4n) is 3.98. The monoisotopic (exact) mass is 399 g/mol. The van der Waals surface area contributed by atoms with E-state index < -0.39 is 0 Å². The molecule has 1 aromatic heterocycles. The maximum Gasteiger partial charge on any atom is 0.226 e. The third-order valence-electron chi connectivity index (χ3n) is 5.29. The van der Waals surface area contributed by atoms with E-state index in [0.717, 1.165) is 16.7 Å². The van der Waals surface area contributed by atoms with Crippen molar-refractivity contribution in [2.45, 2.75) is 12.3 Å². The van der Waals surface area contributed by atoms with Crippen LogP contribution in [-0.4, -0.2) is 20.8 Å².